The van der Waals surface area contributed by atoms with E-state index in [-0.39, 0.29) is 0 Å². The van der Waals surface area contributed by atoms with Gasteiger partial charge in [-0.05, 0) is 18.9 Å². The van der Waals surface area contributed by atoms with E-state index in [2.05, 4.69) is 52.7 Å². The molecule has 4 nitrogen and oxygen atoms in total. The summed E-state index contributed by atoms with van der Waals surface area (Å²) in [6.07, 6.45) is 2.96. The zero-order chi connectivity index (χ0) is 14.7. The van der Waals surface area contributed by atoms with E-state index in [4.69, 9.17) is 0 Å². The van der Waals surface area contributed by atoms with Gasteiger partial charge in [-0.3, -0.25) is 9.67 Å². The molecule has 1 aliphatic rings. The molecule has 0 bridgehead atoms. The molecule has 0 aliphatic carbocycles. The van der Waals surface area contributed by atoms with Gasteiger partial charge in [0, 0.05) is 30.1 Å². The number of aromatic nitrogens is 2. The van der Waals surface area contributed by atoms with Gasteiger partial charge in [-0.1, -0.05) is 42.1 Å². The zero-order valence-corrected chi connectivity index (χ0v) is 13.2. The summed E-state index contributed by atoms with van der Waals surface area (Å²) in [5.41, 5.74) is 3.75. The average molecular weight is 300 g/mol. The van der Waals surface area contributed by atoms with E-state index in [1.165, 1.54) is 16.8 Å². The summed E-state index contributed by atoms with van der Waals surface area (Å²) in [6, 6.07) is 11.1. The lowest BCUT2D eigenvalue weighted by Crippen LogP contribution is -2.29. The van der Waals surface area contributed by atoms with Crippen LogP contribution in [0.1, 0.15) is 16.8 Å². The number of aryl methyl sites for hydroxylation is 1. The molecule has 2 aromatic rings. The second kappa shape index (κ2) is 6.35. The van der Waals surface area contributed by atoms with Crippen LogP contribution in [0.5, 0.6) is 0 Å². The maximum atomic E-state index is 4.67. The van der Waals surface area contributed by atoms with Crippen LogP contribution in [0, 0.1) is 6.92 Å². The van der Waals surface area contributed by atoms with E-state index in [1.807, 2.05) is 29.7 Å². The lowest BCUT2D eigenvalue weighted by molar-refractivity contribution is 0.686. The summed E-state index contributed by atoms with van der Waals surface area (Å²) in [5.74, 6) is 1.08. The first-order valence-electron chi connectivity index (χ1n) is 7.17. The minimum absolute atomic E-state index is 0.478. The van der Waals surface area contributed by atoms with Crippen molar-refractivity contribution in [2.75, 3.05) is 5.75 Å². The first-order valence-corrected chi connectivity index (χ1v) is 8.16. The fourth-order valence-corrected chi connectivity index (χ4v) is 3.36. The van der Waals surface area contributed by atoms with Crippen LogP contribution in [-0.4, -0.2) is 26.7 Å². The van der Waals surface area contributed by atoms with Crippen molar-refractivity contribution < 1.29 is 0 Å². The SMILES string of the molecule is Cc1c(CN=C2NC(Cc3ccccc3)CS2)cnn1C. The molecule has 1 aliphatic heterocycles. The molecule has 0 radical (unpaired) electrons. The van der Waals surface area contributed by atoms with Gasteiger partial charge in [0.1, 0.15) is 0 Å². The van der Waals surface area contributed by atoms with Crippen LogP contribution in [0.2, 0.25) is 0 Å². The van der Waals surface area contributed by atoms with Gasteiger partial charge in [-0.15, -0.1) is 0 Å². The van der Waals surface area contributed by atoms with Gasteiger partial charge in [0.25, 0.3) is 0 Å². The largest absolute Gasteiger partial charge is 0.361 e. The van der Waals surface area contributed by atoms with Crippen LogP contribution in [0.4, 0.5) is 0 Å². The monoisotopic (exact) mass is 300 g/mol. The molecule has 1 aromatic carbocycles. The molecule has 1 saturated heterocycles. The minimum Gasteiger partial charge on any atom is -0.361 e. The van der Waals surface area contributed by atoms with E-state index >= 15 is 0 Å². The molecule has 0 amide bonds. The number of thioether (sulfide) groups is 1. The molecule has 3 rings (SSSR count). The molecular formula is C16H20N4S. The lowest BCUT2D eigenvalue weighted by Gasteiger charge is -2.09. The Morgan fingerprint density at radius 2 is 2.19 bits per heavy atom. The topological polar surface area (TPSA) is 42.2 Å². The second-order valence-corrected chi connectivity index (χ2v) is 6.35. The maximum Gasteiger partial charge on any atom is 0.157 e. The Morgan fingerprint density at radius 1 is 1.38 bits per heavy atom. The Hall–Kier alpha value is -1.75. The predicted octanol–water partition coefficient (Wildman–Crippen LogP) is 2.53. The Morgan fingerprint density at radius 3 is 2.90 bits per heavy atom. The first-order chi connectivity index (χ1) is 10.2. The third-order valence-electron chi connectivity index (χ3n) is 3.80. The van der Waals surface area contributed by atoms with E-state index in [1.54, 1.807) is 0 Å². The molecule has 21 heavy (non-hydrogen) atoms. The van der Waals surface area contributed by atoms with Crippen LogP contribution in [0.25, 0.3) is 0 Å². The summed E-state index contributed by atoms with van der Waals surface area (Å²) in [4.78, 5) is 4.67. The number of nitrogens with one attached hydrogen (secondary N) is 1. The number of aliphatic imine (C=N–C) groups is 1. The van der Waals surface area contributed by atoms with Gasteiger partial charge in [0.05, 0.1) is 12.7 Å². The first kappa shape index (κ1) is 14.2. The summed E-state index contributed by atoms with van der Waals surface area (Å²) < 4.78 is 1.89. The summed E-state index contributed by atoms with van der Waals surface area (Å²) in [6.45, 7) is 2.78. The van der Waals surface area contributed by atoms with Crippen LogP contribution < -0.4 is 5.32 Å². The number of hydrogen-bond acceptors (Lipinski definition) is 3. The van der Waals surface area contributed by atoms with Gasteiger partial charge >= 0.3 is 0 Å². The molecule has 2 heterocycles. The molecule has 0 spiro atoms. The maximum absolute atomic E-state index is 4.67. The highest BCUT2D eigenvalue weighted by molar-refractivity contribution is 8.14. The van der Waals surface area contributed by atoms with Gasteiger partial charge in [0.15, 0.2) is 5.17 Å². The van der Waals surface area contributed by atoms with Crippen molar-refractivity contribution in [3.63, 3.8) is 0 Å². The molecule has 110 valence electrons. The highest BCUT2D eigenvalue weighted by Crippen LogP contribution is 2.18. The van der Waals surface area contributed by atoms with Gasteiger partial charge in [-0.25, -0.2) is 0 Å². The van der Waals surface area contributed by atoms with Crippen LogP contribution in [0.3, 0.4) is 0 Å². The highest BCUT2D eigenvalue weighted by atomic mass is 32.2. The van der Waals surface area contributed by atoms with E-state index in [9.17, 15) is 0 Å². The fraction of sp³-hybridized carbons (Fsp3) is 0.375. The number of rotatable bonds is 4. The smallest absolute Gasteiger partial charge is 0.157 e. The van der Waals surface area contributed by atoms with Crippen molar-refractivity contribution in [2.24, 2.45) is 12.0 Å². The molecule has 1 fully saturated rings. The van der Waals surface area contributed by atoms with Crippen molar-refractivity contribution >= 4 is 16.9 Å². The Labute approximate surface area is 129 Å². The van der Waals surface area contributed by atoms with Crippen molar-refractivity contribution in [1.29, 1.82) is 0 Å². The zero-order valence-electron chi connectivity index (χ0n) is 12.4. The molecule has 0 saturated carbocycles. The van der Waals surface area contributed by atoms with Crippen molar-refractivity contribution in [3.05, 3.63) is 53.3 Å². The summed E-state index contributed by atoms with van der Waals surface area (Å²) in [5, 5.41) is 8.83. The quantitative estimate of drug-likeness (QED) is 0.943. The second-order valence-electron chi connectivity index (χ2n) is 5.34. The van der Waals surface area contributed by atoms with Crippen LogP contribution in [-0.2, 0) is 20.0 Å². The van der Waals surface area contributed by atoms with Crippen molar-refractivity contribution in [3.8, 4) is 0 Å². The number of amidine groups is 1. The molecule has 5 heteroatoms. The Kier molecular flexibility index (Phi) is 4.29. The summed E-state index contributed by atoms with van der Waals surface area (Å²) >= 11 is 1.81. The third kappa shape index (κ3) is 3.47. The molecule has 1 aromatic heterocycles. The Balaban J connectivity index is 1.57. The van der Waals surface area contributed by atoms with Crippen molar-refractivity contribution in [1.82, 2.24) is 15.1 Å². The standard InChI is InChI=1S/C16H20N4S/c1-12-14(10-18-20(12)2)9-17-16-19-15(11-21-16)8-13-6-4-3-5-7-13/h3-7,10,15H,8-9,11H2,1-2H3,(H,17,19). The van der Waals surface area contributed by atoms with Crippen molar-refractivity contribution in [2.45, 2.75) is 25.9 Å². The number of nitrogens with zero attached hydrogens (tertiary/aromatic N) is 3. The molecular weight excluding hydrogens is 280 g/mol. The third-order valence-corrected chi connectivity index (χ3v) is 4.89. The summed E-state index contributed by atoms with van der Waals surface area (Å²) in [7, 11) is 1.96. The van der Waals surface area contributed by atoms with E-state index < -0.39 is 0 Å². The van der Waals surface area contributed by atoms with Crippen LogP contribution >= 0.6 is 11.8 Å². The Bertz CT molecular complexity index is 633. The number of hydrogen-bond donors (Lipinski definition) is 1. The molecule has 1 unspecified atom stereocenters. The van der Waals surface area contributed by atoms with E-state index in [0.29, 0.717) is 12.6 Å². The van der Waals surface area contributed by atoms with Gasteiger partial charge < -0.3 is 5.32 Å². The average Bonchev–Trinajstić information content (AvgIpc) is 3.07. The number of benzene rings is 1. The fourth-order valence-electron chi connectivity index (χ4n) is 2.39. The minimum atomic E-state index is 0.478. The van der Waals surface area contributed by atoms with E-state index in [0.717, 1.165) is 17.3 Å². The predicted molar refractivity (Wildman–Crippen MR) is 88.6 cm³/mol. The van der Waals surface area contributed by atoms with Gasteiger partial charge in [0.2, 0.25) is 0 Å². The molecule has 1 atom stereocenters. The van der Waals surface area contributed by atoms with Crippen LogP contribution in [0.15, 0.2) is 41.5 Å². The lowest BCUT2D eigenvalue weighted by atomic mass is 10.1. The van der Waals surface area contributed by atoms with Gasteiger partial charge in [-0.2, -0.15) is 5.10 Å². The molecule has 1 N–H and O–H groups in total. The highest BCUT2D eigenvalue weighted by Gasteiger charge is 2.20. The normalized spacial score (nSPS) is 19.9.